The van der Waals surface area contributed by atoms with Crippen molar-refractivity contribution in [3.8, 4) is 0 Å². The van der Waals surface area contributed by atoms with Crippen LogP contribution in [0.15, 0.2) is 0 Å². The molecule has 62 valence electrons. The lowest BCUT2D eigenvalue weighted by atomic mass is 10.2. The van der Waals surface area contributed by atoms with Crippen LogP contribution in [-0.4, -0.2) is 24.8 Å². The van der Waals surface area contributed by atoms with Crippen LogP contribution in [-0.2, 0) is 0 Å². The first kappa shape index (κ1) is 9.92. The zero-order valence-corrected chi connectivity index (χ0v) is 6.90. The smallest absolute Gasteiger partial charge is 0.0431 e. The molecule has 0 aromatic heterocycles. The van der Waals surface area contributed by atoms with Gasteiger partial charge in [0.05, 0.1) is 0 Å². The van der Waals surface area contributed by atoms with Crippen LogP contribution in [0.4, 0.5) is 0 Å². The van der Waals surface area contributed by atoms with Crippen LogP contribution in [0.25, 0.3) is 0 Å². The van der Waals surface area contributed by atoms with E-state index in [0.29, 0.717) is 6.61 Å². The van der Waals surface area contributed by atoms with Crippen molar-refractivity contribution in [1.29, 1.82) is 0 Å². The van der Waals surface area contributed by atoms with Gasteiger partial charge in [0.25, 0.3) is 0 Å². The molecule has 0 radical (unpaired) electrons. The quantitative estimate of drug-likeness (QED) is 0.527. The fourth-order valence-corrected chi connectivity index (χ4v) is 0.840. The minimum atomic E-state index is 0.341. The van der Waals surface area contributed by atoms with E-state index in [9.17, 15) is 0 Å². The molecular weight excluding hydrogens is 126 g/mol. The van der Waals surface area contributed by atoms with Crippen molar-refractivity contribution < 1.29 is 5.11 Å². The second kappa shape index (κ2) is 8.92. The molecule has 0 amide bonds. The van der Waals surface area contributed by atoms with Gasteiger partial charge < -0.3 is 10.4 Å². The number of rotatable bonds is 7. The number of nitrogens with one attached hydrogen (secondary N) is 1. The van der Waals surface area contributed by atoms with Crippen molar-refractivity contribution in [2.75, 3.05) is 19.7 Å². The highest BCUT2D eigenvalue weighted by molar-refractivity contribution is 4.46. The molecule has 0 aromatic rings. The first-order chi connectivity index (χ1) is 4.91. The third kappa shape index (κ3) is 7.92. The van der Waals surface area contributed by atoms with E-state index < -0.39 is 0 Å². The van der Waals surface area contributed by atoms with Crippen LogP contribution in [0.3, 0.4) is 0 Å². The molecule has 0 unspecified atom stereocenters. The molecule has 0 rings (SSSR count). The van der Waals surface area contributed by atoms with Crippen molar-refractivity contribution in [1.82, 2.24) is 5.32 Å². The van der Waals surface area contributed by atoms with E-state index >= 15 is 0 Å². The van der Waals surface area contributed by atoms with E-state index in [0.717, 1.165) is 25.9 Å². The molecule has 10 heavy (non-hydrogen) atoms. The molecule has 2 N–H and O–H groups in total. The summed E-state index contributed by atoms with van der Waals surface area (Å²) in [6, 6.07) is 0. The standard InChI is InChI=1S/C8H19NO/c1-2-6-9-7-4-3-5-8-10/h9-10H,2-8H2,1H3. The highest BCUT2D eigenvalue weighted by Gasteiger charge is 1.86. The van der Waals surface area contributed by atoms with Gasteiger partial charge in [0, 0.05) is 6.61 Å². The van der Waals surface area contributed by atoms with Gasteiger partial charge in [0.15, 0.2) is 0 Å². The summed E-state index contributed by atoms with van der Waals surface area (Å²) >= 11 is 0. The lowest BCUT2D eigenvalue weighted by molar-refractivity contribution is 0.283. The molecule has 0 heterocycles. The average Bonchev–Trinajstić information content (AvgIpc) is 1.97. The van der Waals surface area contributed by atoms with Crippen LogP contribution < -0.4 is 5.32 Å². The Hall–Kier alpha value is -0.0800. The van der Waals surface area contributed by atoms with Crippen LogP contribution in [0.5, 0.6) is 0 Å². The number of hydrogen-bond donors (Lipinski definition) is 2. The predicted molar refractivity (Wildman–Crippen MR) is 44.1 cm³/mol. The Balaban J connectivity index is 2.65. The molecule has 0 bridgehead atoms. The molecule has 0 aromatic carbocycles. The minimum absolute atomic E-state index is 0.341. The van der Waals surface area contributed by atoms with Crippen molar-refractivity contribution in [3.05, 3.63) is 0 Å². The number of unbranched alkanes of at least 4 members (excludes halogenated alkanes) is 2. The van der Waals surface area contributed by atoms with Crippen LogP contribution in [0, 0.1) is 0 Å². The molecule has 0 aliphatic rings. The van der Waals surface area contributed by atoms with E-state index in [4.69, 9.17) is 5.11 Å². The monoisotopic (exact) mass is 145 g/mol. The third-order valence-electron chi connectivity index (χ3n) is 1.44. The Morgan fingerprint density at radius 3 is 2.50 bits per heavy atom. The van der Waals surface area contributed by atoms with Crippen LogP contribution in [0.1, 0.15) is 32.6 Å². The lowest BCUT2D eigenvalue weighted by Gasteiger charge is -2.00. The lowest BCUT2D eigenvalue weighted by Crippen LogP contribution is -2.15. The number of hydrogen-bond acceptors (Lipinski definition) is 2. The summed E-state index contributed by atoms with van der Waals surface area (Å²) in [4.78, 5) is 0. The topological polar surface area (TPSA) is 32.3 Å². The molecule has 2 nitrogen and oxygen atoms in total. The second-order valence-electron chi connectivity index (χ2n) is 2.53. The van der Waals surface area contributed by atoms with Crippen LogP contribution in [0.2, 0.25) is 0 Å². The predicted octanol–water partition coefficient (Wildman–Crippen LogP) is 1.15. The zero-order chi connectivity index (χ0) is 7.66. The highest BCUT2D eigenvalue weighted by atomic mass is 16.2. The maximum Gasteiger partial charge on any atom is 0.0431 e. The largest absolute Gasteiger partial charge is 0.396 e. The van der Waals surface area contributed by atoms with Gasteiger partial charge in [0.1, 0.15) is 0 Å². The zero-order valence-electron chi connectivity index (χ0n) is 6.90. The van der Waals surface area contributed by atoms with Crippen molar-refractivity contribution in [2.24, 2.45) is 0 Å². The fraction of sp³-hybridized carbons (Fsp3) is 1.00. The van der Waals surface area contributed by atoms with Gasteiger partial charge in [-0.1, -0.05) is 6.92 Å². The summed E-state index contributed by atoms with van der Waals surface area (Å²) in [6.45, 7) is 4.74. The molecule has 0 saturated carbocycles. The normalized spacial score (nSPS) is 10.2. The van der Waals surface area contributed by atoms with Crippen molar-refractivity contribution in [2.45, 2.75) is 32.6 Å². The summed E-state index contributed by atoms with van der Waals surface area (Å²) < 4.78 is 0. The maximum atomic E-state index is 8.45. The van der Waals surface area contributed by atoms with Crippen molar-refractivity contribution >= 4 is 0 Å². The van der Waals surface area contributed by atoms with E-state index in [2.05, 4.69) is 12.2 Å². The molecule has 0 saturated heterocycles. The summed E-state index contributed by atoms with van der Waals surface area (Å²) in [5.74, 6) is 0. The molecule has 0 aliphatic carbocycles. The van der Waals surface area contributed by atoms with Gasteiger partial charge in [-0.05, 0) is 38.8 Å². The van der Waals surface area contributed by atoms with Crippen LogP contribution >= 0.6 is 0 Å². The third-order valence-corrected chi connectivity index (χ3v) is 1.44. The Morgan fingerprint density at radius 2 is 1.90 bits per heavy atom. The second-order valence-corrected chi connectivity index (χ2v) is 2.53. The Labute approximate surface area is 63.6 Å². The summed E-state index contributed by atoms with van der Waals surface area (Å²) in [7, 11) is 0. The highest BCUT2D eigenvalue weighted by Crippen LogP contribution is 1.91. The molecule has 0 fully saturated rings. The first-order valence-electron chi connectivity index (χ1n) is 4.23. The van der Waals surface area contributed by atoms with Gasteiger partial charge in [-0.25, -0.2) is 0 Å². The van der Waals surface area contributed by atoms with E-state index in [1.54, 1.807) is 0 Å². The SMILES string of the molecule is CCCNCCCCCO. The Kier molecular flexibility index (Phi) is 8.85. The average molecular weight is 145 g/mol. The number of aliphatic hydroxyl groups excluding tert-OH is 1. The maximum absolute atomic E-state index is 8.45. The molecule has 0 atom stereocenters. The van der Waals surface area contributed by atoms with Gasteiger partial charge in [0.2, 0.25) is 0 Å². The van der Waals surface area contributed by atoms with Gasteiger partial charge in [-0.2, -0.15) is 0 Å². The molecular formula is C8H19NO. The molecule has 2 heteroatoms. The summed E-state index contributed by atoms with van der Waals surface area (Å²) in [6.07, 6.45) is 4.50. The van der Waals surface area contributed by atoms with E-state index in [1.807, 2.05) is 0 Å². The van der Waals surface area contributed by atoms with Gasteiger partial charge in [-0.15, -0.1) is 0 Å². The van der Waals surface area contributed by atoms with E-state index in [1.165, 1.54) is 12.8 Å². The van der Waals surface area contributed by atoms with E-state index in [-0.39, 0.29) is 0 Å². The minimum Gasteiger partial charge on any atom is -0.396 e. The van der Waals surface area contributed by atoms with Crippen molar-refractivity contribution in [3.63, 3.8) is 0 Å². The fourth-order valence-electron chi connectivity index (χ4n) is 0.840. The Morgan fingerprint density at radius 1 is 1.10 bits per heavy atom. The summed E-state index contributed by atoms with van der Waals surface area (Å²) in [5, 5.41) is 11.8. The molecule has 0 spiro atoms. The van der Waals surface area contributed by atoms with Gasteiger partial charge >= 0.3 is 0 Å². The summed E-state index contributed by atoms with van der Waals surface area (Å²) in [5.41, 5.74) is 0. The first-order valence-corrected chi connectivity index (χ1v) is 4.23. The molecule has 0 aliphatic heterocycles. The number of aliphatic hydroxyl groups is 1. The van der Waals surface area contributed by atoms with Gasteiger partial charge in [-0.3, -0.25) is 0 Å². The Bertz CT molecular complexity index is 49.2.